The first-order valence-corrected chi connectivity index (χ1v) is 8.49. The minimum absolute atomic E-state index is 0.191. The third-order valence-corrected chi connectivity index (χ3v) is 4.80. The summed E-state index contributed by atoms with van der Waals surface area (Å²) in [6.07, 6.45) is 2.55. The molecule has 0 radical (unpaired) electrons. The maximum Gasteiger partial charge on any atom is 0.234 e. The fraction of sp³-hybridized carbons (Fsp3) is 0.611. The molecule has 2 aliphatic rings. The van der Waals surface area contributed by atoms with Gasteiger partial charge in [0.2, 0.25) is 5.91 Å². The van der Waals surface area contributed by atoms with Gasteiger partial charge in [0.25, 0.3) is 0 Å². The van der Waals surface area contributed by atoms with E-state index < -0.39 is 0 Å². The van der Waals surface area contributed by atoms with Gasteiger partial charge in [0, 0.05) is 38.8 Å². The predicted octanol–water partition coefficient (Wildman–Crippen LogP) is 1.72. The number of nitrogens with zero attached hydrogens (tertiary/aromatic N) is 2. The fourth-order valence-corrected chi connectivity index (χ4v) is 3.16. The van der Waals surface area contributed by atoms with Crippen molar-refractivity contribution in [2.45, 2.75) is 32.4 Å². The van der Waals surface area contributed by atoms with Crippen LogP contribution in [-0.2, 0) is 11.3 Å². The summed E-state index contributed by atoms with van der Waals surface area (Å²) in [6.45, 7) is 7.75. The Bertz CT molecular complexity index is 478. The van der Waals surface area contributed by atoms with Gasteiger partial charge in [-0.3, -0.25) is 14.6 Å². The lowest BCUT2D eigenvalue weighted by Gasteiger charge is -2.34. The van der Waals surface area contributed by atoms with Crippen LogP contribution in [0.5, 0.6) is 0 Å². The molecule has 0 unspecified atom stereocenters. The summed E-state index contributed by atoms with van der Waals surface area (Å²) >= 11 is 0. The first kappa shape index (κ1) is 15.5. The van der Waals surface area contributed by atoms with Crippen molar-refractivity contribution in [2.75, 3.05) is 32.7 Å². The lowest BCUT2D eigenvalue weighted by atomic mass is 10.2. The number of nitrogens with one attached hydrogen (secondary N) is 1. The number of piperazine rings is 1. The zero-order valence-electron chi connectivity index (χ0n) is 13.5. The van der Waals surface area contributed by atoms with Crippen molar-refractivity contribution in [3.05, 3.63) is 35.9 Å². The highest BCUT2D eigenvalue weighted by Crippen LogP contribution is 2.32. The van der Waals surface area contributed by atoms with Crippen molar-refractivity contribution in [1.29, 1.82) is 0 Å². The number of hydrogen-bond donors (Lipinski definition) is 1. The van der Waals surface area contributed by atoms with E-state index in [2.05, 4.69) is 52.4 Å². The molecular weight excluding hydrogens is 274 g/mol. The SMILES string of the molecule is C[C@@H](NC(=O)CN1CCN(Cc2ccccc2)CC1)C1CC1. The summed E-state index contributed by atoms with van der Waals surface area (Å²) in [7, 11) is 0. The van der Waals surface area contributed by atoms with E-state index in [-0.39, 0.29) is 5.91 Å². The van der Waals surface area contributed by atoms with Gasteiger partial charge in [-0.05, 0) is 31.2 Å². The van der Waals surface area contributed by atoms with E-state index in [0.29, 0.717) is 12.6 Å². The molecule has 1 aromatic carbocycles. The molecule has 1 amide bonds. The van der Waals surface area contributed by atoms with Gasteiger partial charge in [0.05, 0.1) is 6.54 Å². The Labute approximate surface area is 133 Å². The minimum atomic E-state index is 0.191. The minimum Gasteiger partial charge on any atom is -0.352 e. The van der Waals surface area contributed by atoms with Gasteiger partial charge >= 0.3 is 0 Å². The monoisotopic (exact) mass is 301 g/mol. The molecule has 3 rings (SSSR count). The zero-order chi connectivity index (χ0) is 15.4. The first-order valence-electron chi connectivity index (χ1n) is 8.49. The molecule has 0 spiro atoms. The van der Waals surface area contributed by atoms with Crippen LogP contribution in [-0.4, -0.2) is 54.5 Å². The standard InChI is InChI=1S/C18H27N3O/c1-15(17-7-8-17)19-18(22)14-21-11-9-20(10-12-21)13-16-5-3-2-4-6-16/h2-6,15,17H,7-14H2,1H3,(H,19,22)/t15-/m1/s1. The van der Waals surface area contributed by atoms with Crippen LogP contribution in [0.25, 0.3) is 0 Å². The van der Waals surface area contributed by atoms with E-state index in [1.165, 1.54) is 18.4 Å². The van der Waals surface area contributed by atoms with Crippen molar-refractivity contribution >= 4 is 5.91 Å². The molecule has 4 heteroatoms. The Kier molecular flexibility index (Phi) is 5.11. The van der Waals surface area contributed by atoms with Crippen LogP contribution < -0.4 is 5.32 Å². The normalized spacial score (nSPS) is 21.5. The van der Waals surface area contributed by atoms with Crippen molar-refractivity contribution in [2.24, 2.45) is 5.92 Å². The molecule has 1 aliphatic heterocycles. The molecule has 1 saturated carbocycles. The summed E-state index contributed by atoms with van der Waals surface area (Å²) in [5, 5.41) is 3.15. The van der Waals surface area contributed by atoms with Crippen LogP contribution in [0.3, 0.4) is 0 Å². The quantitative estimate of drug-likeness (QED) is 0.869. The lowest BCUT2D eigenvalue weighted by molar-refractivity contribution is -0.123. The van der Waals surface area contributed by atoms with E-state index in [0.717, 1.165) is 38.6 Å². The van der Waals surface area contributed by atoms with E-state index in [4.69, 9.17) is 0 Å². The molecule has 2 fully saturated rings. The van der Waals surface area contributed by atoms with E-state index in [1.807, 2.05) is 0 Å². The number of carbonyl (C=O) groups excluding carboxylic acids is 1. The summed E-state index contributed by atoms with van der Waals surface area (Å²) < 4.78 is 0. The molecule has 1 atom stereocenters. The number of rotatable bonds is 6. The van der Waals surface area contributed by atoms with Gasteiger partial charge < -0.3 is 5.32 Å². The molecule has 1 heterocycles. The number of carbonyl (C=O) groups is 1. The summed E-state index contributed by atoms with van der Waals surface area (Å²) in [5.74, 6) is 0.919. The van der Waals surface area contributed by atoms with Crippen LogP contribution >= 0.6 is 0 Å². The van der Waals surface area contributed by atoms with Gasteiger partial charge in [-0.25, -0.2) is 0 Å². The van der Waals surface area contributed by atoms with E-state index in [9.17, 15) is 4.79 Å². The Balaban J connectivity index is 1.37. The van der Waals surface area contributed by atoms with Crippen LogP contribution in [0.1, 0.15) is 25.3 Å². The Hall–Kier alpha value is -1.39. The second kappa shape index (κ2) is 7.25. The molecule has 0 aromatic heterocycles. The molecule has 4 nitrogen and oxygen atoms in total. The smallest absolute Gasteiger partial charge is 0.234 e. The summed E-state index contributed by atoms with van der Waals surface area (Å²) in [5.41, 5.74) is 1.37. The number of benzene rings is 1. The number of hydrogen-bond acceptors (Lipinski definition) is 3. The van der Waals surface area contributed by atoms with Crippen LogP contribution in [0.4, 0.5) is 0 Å². The van der Waals surface area contributed by atoms with Gasteiger partial charge in [0.15, 0.2) is 0 Å². The Morgan fingerprint density at radius 2 is 1.77 bits per heavy atom. The molecule has 1 N–H and O–H groups in total. The van der Waals surface area contributed by atoms with E-state index in [1.54, 1.807) is 0 Å². The zero-order valence-corrected chi connectivity index (χ0v) is 13.5. The highest BCUT2D eigenvalue weighted by Gasteiger charge is 2.29. The third-order valence-electron chi connectivity index (χ3n) is 4.80. The molecule has 1 aromatic rings. The summed E-state index contributed by atoms with van der Waals surface area (Å²) in [4.78, 5) is 16.8. The third kappa shape index (κ3) is 4.55. The molecule has 22 heavy (non-hydrogen) atoms. The van der Waals surface area contributed by atoms with Gasteiger partial charge in [0.1, 0.15) is 0 Å². The Morgan fingerprint density at radius 1 is 1.14 bits per heavy atom. The number of amides is 1. The largest absolute Gasteiger partial charge is 0.352 e. The maximum absolute atomic E-state index is 12.1. The highest BCUT2D eigenvalue weighted by atomic mass is 16.2. The second-order valence-electron chi connectivity index (χ2n) is 6.73. The predicted molar refractivity (Wildman–Crippen MR) is 88.5 cm³/mol. The van der Waals surface area contributed by atoms with Crippen molar-refractivity contribution in [3.8, 4) is 0 Å². The van der Waals surface area contributed by atoms with Crippen molar-refractivity contribution in [1.82, 2.24) is 15.1 Å². The maximum atomic E-state index is 12.1. The highest BCUT2D eigenvalue weighted by molar-refractivity contribution is 5.78. The second-order valence-corrected chi connectivity index (χ2v) is 6.73. The average Bonchev–Trinajstić information content (AvgIpc) is 3.35. The topological polar surface area (TPSA) is 35.6 Å². The van der Waals surface area contributed by atoms with Crippen LogP contribution in [0.15, 0.2) is 30.3 Å². The molecule has 1 aliphatic carbocycles. The van der Waals surface area contributed by atoms with Gasteiger partial charge in [-0.2, -0.15) is 0 Å². The van der Waals surface area contributed by atoms with Gasteiger partial charge in [-0.15, -0.1) is 0 Å². The molecule has 120 valence electrons. The van der Waals surface area contributed by atoms with Crippen LogP contribution in [0.2, 0.25) is 0 Å². The van der Waals surface area contributed by atoms with Crippen molar-refractivity contribution in [3.63, 3.8) is 0 Å². The van der Waals surface area contributed by atoms with Crippen LogP contribution in [0, 0.1) is 5.92 Å². The molecule has 0 bridgehead atoms. The van der Waals surface area contributed by atoms with Gasteiger partial charge in [-0.1, -0.05) is 30.3 Å². The fourth-order valence-electron chi connectivity index (χ4n) is 3.16. The average molecular weight is 301 g/mol. The van der Waals surface area contributed by atoms with E-state index >= 15 is 0 Å². The van der Waals surface area contributed by atoms with Crippen molar-refractivity contribution < 1.29 is 4.79 Å². The molecular formula is C18H27N3O. The summed E-state index contributed by atoms with van der Waals surface area (Å²) in [6, 6.07) is 11.0. The first-order chi connectivity index (χ1) is 10.7. The molecule has 1 saturated heterocycles. The Morgan fingerprint density at radius 3 is 2.41 bits per heavy atom. The lowest BCUT2D eigenvalue weighted by Crippen LogP contribution is -2.50.